The SMILES string of the molecule is C[C@@H]1CCN(CCCOc2ccc(Br)cc2)C[C@H]1C. The lowest BCUT2D eigenvalue weighted by atomic mass is 9.89. The molecule has 2 atom stereocenters. The number of likely N-dealkylation sites (tertiary alicyclic amines) is 1. The highest BCUT2D eigenvalue weighted by Crippen LogP contribution is 2.22. The molecule has 19 heavy (non-hydrogen) atoms. The summed E-state index contributed by atoms with van der Waals surface area (Å²) in [6.07, 6.45) is 2.45. The molecule has 0 spiro atoms. The summed E-state index contributed by atoms with van der Waals surface area (Å²) in [4.78, 5) is 2.58. The van der Waals surface area contributed by atoms with E-state index in [1.807, 2.05) is 24.3 Å². The van der Waals surface area contributed by atoms with Gasteiger partial charge in [-0.05, 0) is 55.5 Å². The van der Waals surface area contributed by atoms with Crippen molar-refractivity contribution in [1.82, 2.24) is 4.90 Å². The summed E-state index contributed by atoms with van der Waals surface area (Å²) in [5.41, 5.74) is 0. The van der Waals surface area contributed by atoms with Crippen LogP contribution in [-0.2, 0) is 0 Å². The third-order valence-electron chi connectivity index (χ3n) is 4.12. The van der Waals surface area contributed by atoms with Crippen molar-refractivity contribution in [3.63, 3.8) is 0 Å². The smallest absolute Gasteiger partial charge is 0.119 e. The van der Waals surface area contributed by atoms with Crippen molar-refractivity contribution in [2.24, 2.45) is 11.8 Å². The Bertz CT molecular complexity index is 379. The second-order valence-corrected chi connectivity index (χ2v) is 6.62. The Morgan fingerprint density at radius 3 is 2.63 bits per heavy atom. The third-order valence-corrected chi connectivity index (χ3v) is 4.65. The van der Waals surface area contributed by atoms with Crippen molar-refractivity contribution in [2.75, 3.05) is 26.2 Å². The topological polar surface area (TPSA) is 12.5 Å². The Balaban J connectivity index is 1.63. The third kappa shape index (κ3) is 4.81. The average Bonchev–Trinajstić information content (AvgIpc) is 2.41. The second-order valence-electron chi connectivity index (χ2n) is 5.70. The molecule has 1 heterocycles. The molecule has 0 unspecified atom stereocenters. The number of halogens is 1. The van der Waals surface area contributed by atoms with Crippen molar-refractivity contribution in [3.05, 3.63) is 28.7 Å². The van der Waals surface area contributed by atoms with Gasteiger partial charge in [0.25, 0.3) is 0 Å². The van der Waals surface area contributed by atoms with E-state index in [0.717, 1.165) is 41.6 Å². The second kappa shape index (κ2) is 7.30. The first-order valence-electron chi connectivity index (χ1n) is 7.26. The quantitative estimate of drug-likeness (QED) is 0.752. The fraction of sp³-hybridized carbons (Fsp3) is 0.625. The van der Waals surface area contributed by atoms with Crippen LogP contribution in [0.4, 0.5) is 0 Å². The molecule has 0 saturated carbocycles. The Morgan fingerprint density at radius 1 is 1.21 bits per heavy atom. The molecular formula is C16H24BrNO. The monoisotopic (exact) mass is 325 g/mol. The lowest BCUT2D eigenvalue weighted by Gasteiger charge is -2.35. The van der Waals surface area contributed by atoms with E-state index in [-0.39, 0.29) is 0 Å². The fourth-order valence-corrected chi connectivity index (χ4v) is 2.83. The zero-order chi connectivity index (χ0) is 13.7. The summed E-state index contributed by atoms with van der Waals surface area (Å²) in [6, 6.07) is 8.05. The Kier molecular flexibility index (Phi) is 5.71. The van der Waals surface area contributed by atoms with Crippen molar-refractivity contribution in [1.29, 1.82) is 0 Å². The molecule has 2 rings (SSSR count). The minimum Gasteiger partial charge on any atom is -0.494 e. The van der Waals surface area contributed by atoms with Gasteiger partial charge in [-0.2, -0.15) is 0 Å². The van der Waals surface area contributed by atoms with Gasteiger partial charge in [-0.15, -0.1) is 0 Å². The fourth-order valence-electron chi connectivity index (χ4n) is 2.56. The number of hydrogen-bond donors (Lipinski definition) is 0. The standard InChI is InChI=1S/C16H24BrNO/c1-13-8-10-18(12-14(13)2)9-3-11-19-16-6-4-15(17)5-7-16/h4-7,13-14H,3,8-12H2,1-2H3/t13-,14-/m1/s1. The minimum atomic E-state index is 0.808. The van der Waals surface area contributed by atoms with Gasteiger partial charge in [0.05, 0.1) is 6.61 Å². The molecule has 1 aromatic rings. The first kappa shape index (κ1) is 14.9. The number of nitrogens with zero attached hydrogens (tertiary/aromatic N) is 1. The van der Waals surface area contributed by atoms with Gasteiger partial charge in [0.2, 0.25) is 0 Å². The van der Waals surface area contributed by atoms with Gasteiger partial charge in [0, 0.05) is 17.6 Å². The van der Waals surface area contributed by atoms with Crippen LogP contribution in [0.3, 0.4) is 0 Å². The van der Waals surface area contributed by atoms with Gasteiger partial charge < -0.3 is 9.64 Å². The Morgan fingerprint density at radius 2 is 1.95 bits per heavy atom. The number of ether oxygens (including phenoxy) is 1. The molecule has 1 aliphatic rings. The lowest BCUT2D eigenvalue weighted by Crippen LogP contribution is -2.39. The van der Waals surface area contributed by atoms with Crippen LogP contribution < -0.4 is 4.74 Å². The summed E-state index contributed by atoms with van der Waals surface area (Å²) in [7, 11) is 0. The van der Waals surface area contributed by atoms with E-state index in [9.17, 15) is 0 Å². The maximum atomic E-state index is 5.75. The van der Waals surface area contributed by atoms with Crippen molar-refractivity contribution in [3.8, 4) is 5.75 Å². The molecule has 0 aliphatic carbocycles. The maximum Gasteiger partial charge on any atom is 0.119 e. The molecule has 0 bridgehead atoms. The van der Waals surface area contributed by atoms with Crippen LogP contribution in [0, 0.1) is 11.8 Å². The molecule has 1 aliphatic heterocycles. The summed E-state index contributed by atoms with van der Waals surface area (Å²) in [5.74, 6) is 2.68. The van der Waals surface area contributed by atoms with E-state index in [1.54, 1.807) is 0 Å². The summed E-state index contributed by atoms with van der Waals surface area (Å²) < 4.78 is 6.85. The van der Waals surface area contributed by atoms with E-state index in [4.69, 9.17) is 4.74 Å². The molecule has 2 nitrogen and oxygen atoms in total. The molecule has 1 saturated heterocycles. The summed E-state index contributed by atoms with van der Waals surface area (Å²) in [5, 5.41) is 0. The molecule has 0 aromatic heterocycles. The van der Waals surface area contributed by atoms with Crippen LogP contribution >= 0.6 is 15.9 Å². The number of piperidine rings is 1. The lowest BCUT2D eigenvalue weighted by molar-refractivity contribution is 0.130. The molecule has 1 aromatic carbocycles. The Hall–Kier alpha value is -0.540. The van der Waals surface area contributed by atoms with E-state index in [1.165, 1.54) is 19.5 Å². The van der Waals surface area contributed by atoms with E-state index in [2.05, 4.69) is 34.7 Å². The first-order valence-corrected chi connectivity index (χ1v) is 8.05. The van der Waals surface area contributed by atoms with E-state index < -0.39 is 0 Å². The van der Waals surface area contributed by atoms with Crippen molar-refractivity contribution < 1.29 is 4.74 Å². The van der Waals surface area contributed by atoms with Gasteiger partial charge in [-0.1, -0.05) is 29.8 Å². The average molecular weight is 326 g/mol. The number of rotatable bonds is 5. The highest BCUT2D eigenvalue weighted by Gasteiger charge is 2.21. The molecule has 106 valence electrons. The maximum absolute atomic E-state index is 5.75. The van der Waals surface area contributed by atoms with Gasteiger partial charge in [-0.25, -0.2) is 0 Å². The van der Waals surface area contributed by atoms with Crippen molar-refractivity contribution in [2.45, 2.75) is 26.7 Å². The van der Waals surface area contributed by atoms with Crippen LogP contribution in [0.25, 0.3) is 0 Å². The predicted molar refractivity (Wildman–Crippen MR) is 83.6 cm³/mol. The molecule has 0 radical (unpaired) electrons. The van der Waals surface area contributed by atoms with Crippen LogP contribution in [-0.4, -0.2) is 31.1 Å². The molecule has 0 amide bonds. The molecule has 0 N–H and O–H groups in total. The van der Waals surface area contributed by atoms with Gasteiger partial charge in [0.15, 0.2) is 0 Å². The zero-order valence-electron chi connectivity index (χ0n) is 11.9. The van der Waals surface area contributed by atoms with Crippen molar-refractivity contribution >= 4 is 15.9 Å². The first-order chi connectivity index (χ1) is 9.15. The van der Waals surface area contributed by atoms with Crippen LogP contribution in [0.1, 0.15) is 26.7 Å². The Labute approximate surface area is 125 Å². The predicted octanol–water partition coefficient (Wildman–Crippen LogP) is 4.20. The van der Waals surface area contributed by atoms with Crippen LogP contribution in [0.5, 0.6) is 5.75 Å². The summed E-state index contributed by atoms with van der Waals surface area (Å²) in [6.45, 7) is 9.21. The number of benzene rings is 1. The van der Waals surface area contributed by atoms with Gasteiger partial charge >= 0.3 is 0 Å². The molecule has 3 heteroatoms. The highest BCUT2D eigenvalue weighted by atomic mass is 79.9. The van der Waals surface area contributed by atoms with E-state index in [0.29, 0.717) is 0 Å². The normalized spacial score (nSPS) is 24.4. The van der Waals surface area contributed by atoms with E-state index >= 15 is 0 Å². The number of hydrogen-bond acceptors (Lipinski definition) is 2. The van der Waals surface area contributed by atoms with Gasteiger partial charge in [-0.3, -0.25) is 0 Å². The largest absolute Gasteiger partial charge is 0.494 e. The zero-order valence-corrected chi connectivity index (χ0v) is 13.5. The van der Waals surface area contributed by atoms with Crippen LogP contribution in [0.15, 0.2) is 28.7 Å². The van der Waals surface area contributed by atoms with Gasteiger partial charge in [0.1, 0.15) is 5.75 Å². The van der Waals surface area contributed by atoms with Crippen LogP contribution in [0.2, 0.25) is 0 Å². The molecule has 1 fully saturated rings. The highest BCUT2D eigenvalue weighted by molar-refractivity contribution is 9.10. The minimum absolute atomic E-state index is 0.808. The molecular weight excluding hydrogens is 302 g/mol. The summed E-state index contributed by atoms with van der Waals surface area (Å²) >= 11 is 3.43.